The number of anilines is 2. The molecule has 4 rings (SSSR count). The van der Waals surface area contributed by atoms with Gasteiger partial charge in [-0.3, -0.25) is 5.32 Å². The fourth-order valence-electron chi connectivity index (χ4n) is 2.66. The summed E-state index contributed by atoms with van der Waals surface area (Å²) in [4.78, 5) is 13.6. The largest absolute Gasteiger partial charge is 0.300 e. The van der Waals surface area contributed by atoms with E-state index in [1.807, 2.05) is 48.5 Å². The fourth-order valence-corrected chi connectivity index (χ4v) is 4.24. The van der Waals surface area contributed by atoms with Gasteiger partial charge in [0.2, 0.25) is 5.95 Å². The molecule has 0 spiro atoms. The van der Waals surface area contributed by atoms with Crippen LogP contribution in [0.2, 0.25) is 0 Å². The predicted molar refractivity (Wildman–Crippen MR) is 120 cm³/mol. The lowest BCUT2D eigenvalue weighted by atomic mass is 10.2. The minimum atomic E-state index is -3.43. The molecule has 2 aromatic carbocycles. The molecular weight excluding hydrogens is 404 g/mol. The van der Waals surface area contributed by atoms with Gasteiger partial charge in [-0.1, -0.05) is 41.7 Å². The molecule has 0 saturated heterocycles. The van der Waals surface area contributed by atoms with Gasteiger partial charge in [-0.2, -0.15) is 0 Å². The minimum Gasteiger partial charge on any atom is -0.300 e. The van der Waals surface area contributed by atoms with Crippen molar-refractivity contribution in [2.45, 2.75) is 25.5 Å². The van der Waals surface area contributed by atoms with E-state index in [1.165, 1.54) is 22.8 Å². The molecule has 0 atom stereocenters. The first-order valence-electron chi connectivity index (χ1n) is 9.05. The molecule has 0 unspecified atom stereocenters. The summed E-state index contributed by atoms with van der Waals surface area (Å²) in [6.45, 7) is 5.01. The van der Waals surface area contributed by atoms with Crippen LogP contribution in [0.25, 0.3) is 27.2 Å². The van der Waals surface area contributed by atoms with Gasteiger partial charge in [0.05, 0.1) is 26.2 Å². The fraction of sp³-hybridized carbons (Fsp3) is 0.190. The van der Waals surface area contributed by atoms with Crippen LogP contribution in [-0.4, -0.2) is 28.1 Å². The van der Waals surface area contributed by atoms with E-state index < -0.39 is 14.6 Å². The Labute approximate surface area is 173 Å². The number of para-hydroxylation sites is 2. The number of sulfone groups is 1. The van der Waals surface area contributed by atoms with Crippen LogP contribution in [0.15, 0.2) is 53.9 Å². The molecule has 8 heteroatoms. The van der Waals surface area contributed by atoms with Gasteiger partial charge < -0.3 is 0 Å². The molecule has 2 aromatic heterocycles. The van der Waals surface area contributed by atoms with E-state index in [0.29, 0.717) is 16.8 Å². The monoisotopic (exact) mass is 424 g/mol. The summed E-state index contributed by atoms with van der Waals surface area (Å²) in [5.74, 6) is 0.371. The maximum atomic E-state index is 12.5. The summed E-state index contributed by atoms with van der Waals surface area (Å²) in [5.41, 5.74) is 2.16. The SMILES string of the molecule is CC(C)(C)S(=O)(=O)C=Cc1nc(Nc2nc3ccccc3s2)nc2ccccc12. The van der Waals surface area contributed by atoms with Gasteiger partial charge in [-0.15, -0.1) is 0 Å². The maximum Gasteiger partial charge on any atom is 0.230 e. The Balaban J connectivity index is 1.76. The number of aromatic nitrogens is 3. The highest BCUT2D eigenvalue weighted by atomic mass is 32.2. The first kappa shape index (κ1) is 19.5. The summed E-state index contributed by atoms with van der Waals surface area (Å²) in [7, 11) is -3.43. The Morgan fingerprint density at radius 2 is 1.62 bits per heavy atom. The molecule has 4 aromatic rings. The first-order chi connectivity index (χ1) is 13.7. The molecular formula is C21H20N4O2S2. The van der Waals surface area contributed by atoms with Crippen LogP contribution in [0.1, 0.15) is 26.5 Å². The number of thiazole rings is 1. The summed E-state index contributed by atoms with van der Waals surface area (Å²) in [6, 6.07) is 15.4. The summed E-state index contributed by atoms with van der Waals surface area (Å²) in [5, 5.41) is 5.84. The summed E-state index contributed by atoms with van der Waals surface area (Å²) < 4.78 is 25.1. The second-order valence-corrected chi connectivity index (χ2v) is 11.1. The molecule has 148 valence electrons. The molecule has 0 aliphatic rings. The minimum absolute atomic E-state index is 0.371. The average Bonchev–Trinajstić information content (AvgIpc) is 3.07. The lowest BCUT2D eigenvalue weighted by Gasteiger charge is -2.15. The van der Waals surface area contributed by atoms with Crippen molar-refractivity contribution in [3.05, 3.63) is 59.6 Å². The van der Waals surface area contributed by atoms with Crippen molar-refractivity contribution in [1.82, 2.24) is 15.0 Å². The third-order valence-corrected chi connectivity index (χ3v) is 7.56. The van der Waals surface area contributed by atoms with Crippen LogP contribution in [-0.2, 0) is 9.84 Å². The highest BCUT2D eigenvalue weighted by molar-refractivity contribution is 7.95. The Morgan fingerprint density at radius 1 is 0.931 bits per heavy atom. The summed E-state index contributed by atoms with van der Waals surface area (Å²) in [6.07, 6.45) is 1.54. The zero-order valence-electron chi connectivity index (χ0n) is 16.2. The lowest BCUT2D eigenvalue weighted by molar-refractivity contribution is 0.570. The van der Waals surface area contributed by atoms with Crippen molar-refractivity contribution in [3.63, 3.8) is 0 Å². The Bertz CT molecular complexity index is 1300. The van der Waals surface area contributed by atoms with Gasteiger partial charge in [0, 0.05) is 10.8 Å². The van der Waals surface area contributed by atoms with Gasteiger partial charge in [0.15, 0.2) is 15.0 Å². The lowest BCUT2D eigenvalue weighted by Crippen LogP contribution is -2.25. The Morgan fingerprint density at radius 3 is 2.34 bits per heavy atom. The van der Waals surface area contributed by atoms with Crippen LogP contribution in [0.4, 0.5) is 11.1 Å². The van der Waals surface area contributed by atoms with Crippen molar-refractivity contribution < 1.29 is 8.42 Å². The van der Waals surface area contributed by atoms with Crippen molar-refractivity contribution in [2.75, 3.05) is 5.32 Å². The number of fused-ring (bicyclic) bond motifs is 2. The average molecular weight is 425 g/mol. The molecule has 0 radical (unpaired) electrons. The predicted octanol–water partition coefficient (Wildman–Crippen LogP) is 5.17. The number of nitrogens with zero attached hydrogens (tertiary/aromatic N) is 3. The van der Waals surface area contributed by atoms with Crippen molar-refractivity contribution in [3.8, 4) is 0 Å². The standard InChI is InChI=1S/C21H20N4O2S2/c1-21(2,3)29(26,27)13-12-16-14-8-4-5-9-15(14)22-19(23-16)25-20-24-17-10-6-7-11-18(17)28-20/h4-13H,1-3H3,(H,22,23,24,25). The van der Waals surface area contributed by atoms with E-state index in [0.717, 1.165) is 21.1 Å². The Kier molecular flexibility index (Phi) is 4.84. The number of hydrogen-bond donors (Lipinski definition) is 1. The highest BCUT2D eigenvalue weighted by Crippen LogP contribution is 2.28. The van der Waals surface area contributed by atoms with Crippen LogP contribution in [0.3, 0.4) is 0 Å². The molecule has 1 N–H and O–H groups in total. The number of rotatable bonds is 4. The molecule has 0 aliphatic carbocycles. The smallest absolute Gasteiger partial charge is 0.230 e. The van der Waals surface area contributed by atoms with E-state index >= 15 is 0 Å². The van der Waals surface area contributed by atoms with E-state index in [1.54, 1.807) is 20.8 Å². The molecule has 29 heavy (non-hydrogen) atoms. The van der Waals surface area contributed by atoms with Gasteiger partial charge in [0.25, 0.3) is 0 Å². The second-order valence-electron chi connectivity index (χ2n) is 7.52. The van der Waals surface area contributed by atoms with Gasteiger partial charge in [0.1, 0.15) is 0 Å². The van der Waals surface area contributed by atoms with Crippen LogP contribution < -0.4 is 5.32 Å². The zero-order chi connectivity index (χ0) is 20.6. The van der Waals surface area contributed by atoms with Gasteiger partial charge >= 0.3 is 0 Å². The quantitative estimate of drug-likeness (QED) is 0.487. The van der Waals surface area contributed by atoms with E-state index in [9.17, 15) is 8.42 Å². The molecule has 6 nitrogen and oxygen atoms in total. The first-order valence-corrected chi connectivity index (χ1v) is 11.4. The molecule has 0 saturated carbocycles. The van der Waals surface area contributed by atoms with Crippen LogP contribution in [0.5, 0.6) is 0 Å². The van der Waals surface area contributed by atoms with E-state index in [2.05, 4.69) is 20.3 Å². The second kappa shape index (κ2) is 7.20. The van der Waals surface area contributed by atoms with E-state index in [-0.39, 0.29) is 0 Å². The normalized spacial score (nSPS) is 12.8. The topological polar surface area (TPSA) is 84.8 Å². The number of nitrogens with one attached hydrogen (secondary N) is 1. The highest BCUT2D eigenvalue weighted by Gasteiger charge is 2.26. The third kappa shape index (κ3) is 3.99. The van der Waals surface area contributed by atoms with Gasteiger partial charge in [-0.25, -0.2) is 23.4 Å². The third-order valence-electron chi connectivity index (χ3n) is 4.40. The van der Waals surface area contributed by atoms with Crippen molar-refractivity contribution in [1.29, 1.82) is 0 Å². The molecule has 0 fully saturated rings. The molecule has 0 bridgehead atoms. The van der Waals surface area contributed by atoms with Crippen molar-refractivity contribution in [2.24, 2.45) is 0 Å². The van der Waals surface area contributed by atoms with Crippen LogP contribution >= 0.6 is 11.3 Å². The maximum absolute atomic E-state index is 12.5. The molecule has 0 amide bonds. The van der Waals surface area contributed by atoms with Crippen molar-refractivity contribution >= 4 is 59.4 Å². The van der Waals surface area contributed by atoms with E-state index in [4.69, 9.17) is 0 Å². The van der Waals surface area contributed by atoms with Gasteiger partial charge in [-0.05, 0) is 45.0 Å². The number of hydrogen-bond acceptors (Lipinski definition) is 7. The number of benzene rings is 2. The zero-order valence-corrected chi connectivity index (χ0v) is 17.9. The summed E-state index contributed by atoms with van der Waals surface area (Å²) >= 11 is 1.51. The molecule has 2 heterocycles. The Hall–Kier alpha value is -2.84. The van der Waals surface area contributed by atoms with Crippen LogP contribution in [0, 0.1) is 0 Å². The molecule has 0 aliphatic heterocycles.